The number of nitrogens with one attached hydrogen (secondary N) is 1. The van der Waals surface area contributed by atoms with Gasteiger partial charge in [0, 0.05) is 31.6 Å². The molecule has 0 bridgehead atoms. The zero-order chi connectivity index (χ0) is 12.8. The van der Waals surface area contributed by atoms with Crippen molar-refractivity contribution in [2.24, 2.45) is 0 Å². The Morgan fingerprint density at radius 3 is 2.94 bits per heavy atom. The minimum atomic E-state index is 0.563. The van der Waals surface area contributed by atoms with Gasteiger partial charge in [-0.1, -0.05) is 6.92 Å². The molecule has 1 saturated carbocycles. The molecule has 1 N–H and O–H groups in total. The summed E-state index contributed by atoms with van der Waals surface area (Å²) in [7, 11) is 0. The van der Waals surface area contributed by atoms with Gasteiger partial charge in [-0.25, -0.2) is 0 Å². The summed E-state index contributed by atoms with van der Waals surface area (Å²) in [5.41, 5.74) is 0. The van der Waals surface area contributed by atoms with E-state index in [0.717, 1.165) is 31.2 Å². The predicted molar refractivity (Wildman–Crippen MR) is 74.8 cm³/mol. The third-order valence-corrected chi connectivity index (χ3v) is 3.77. The van der Waals surface area contributed by atoms with Crippen LogP contribution in [-0.2, 0) is 6.42 Å². The lowest BCUT2D eigenvalue weighted by Crippen LogP contribution is -2.37. The van der Waals surface area contributed by atoms with Crippen molar-refractivity contribution in [3.8, 4) is 0 Å². The van der Waals surface area contributed by atoms with E-state index >= 15 is 0 Å². The monoisotopic (exact) mass is 250 g/mol. The third kappa shape index (κ3) is 4.46. The molecule has 0 spiro atoms. The molecule has 0 amide bonds. The molecular weight excluding hydrogens is 224 g/mol. The van der Waals surface area contributed by atoms with Gasteiger partial charge in [0.05, 0.1) is 6.26 Å². The first-order chi connectivity index (χ1) is 8.79. The summed E-state index contributed by atoms with van der Waals surface area (Å²) in [4.78, 5) is 2.59. The summed E-state index contributed by atoms with van der Waals surface area (Å²) < 4.78 is 5.35. The molecule has 0 radical (unpaired) electrons. The zero-order valence-corrected chi connectivity index (χ0v) is 11.7. The van der Waals surface area contributed by atoms with Gasteiger partial charge in [-0.2, -0.15) is 0 Å². The number of aryl methyl sites for hydroxylation is 1. The molecule has 3 nitrogen and oxygen atoms in total. The maximum Gasteiger partial charge on any atom is 0.103 e. The molecule has 1 unspecified atom stereocenters. The van der Waals surface area contributed by atoms with Crippen molar-refractivity contribution in [1.82, 2.24) is 10.2 Å². The van der Waals surface area contributed by atoms with Gasteiger partial charge in [-0.3, -0.25) is 4.90 Å². The van der Waals surface area contributed by atoms with E-state index in [1.807, 2.05) is 6.07 Å². The third-order valence-electron chi connectivity index (χ3n) is 3.77. The van der Waals surface area contributed by atoms with E-state index in [1.165, 1.54) is 25.9 Å². The van der Waals surface area contributed by atoms with Crippen LogP contribution in [0.4, 0.5) is 0 Å². The maximum absolute atomic E-state index is 5.35. The molecular formula is C15H26N2O. The van der Waals surface area contributed by atoms with Crippen molar-refractivity contribution >= 4 is 0 Å². The molecule has 2 rings (SSSR count). The molecule has 1 aromatic heterocycles. The lowest BCUT2D eigenvalue weighted by Gasteiger charge is -2.21. The molecule has 1 atom stereocenters. The Labute approximate surface area is 111 Å². The SMILES string of the molecule is CCN(CCNC(C)CCc1ccco1)C1CC1. The van der Waals surface area contributed by atoms with Crippen LogP contribution in [0, 0.1) is 0 Å². The number of rotatable bonds is 9. The van der Waals surface area contributed by atoms with Gasteiger partial charge < -0.3 is 9.73 Å². The van der Waals surface area contributed by atoms with E-state index in [2.05, 4.69) is 30.1 Å². The van der Waals surface area contributed by atoms with Crippen LogP contribution in [0.1, 0.15) is 38.9 Å². The first-order valence-corrected chi connectivity index (χ1v) is 7.29. The lowest BCUT2D eigenvalue weighted by atomic mass is 10.1. The number of hydrogen-bond donors (Lipinski definition) is 1. The minimum Gasteiger partial charge on any atom is -0.469 e. The molecule has 0 saturated heterocycles. The van der Waals surface area contributed by atoms with E-state index in [9.17, 15) is 0 Å². The second-order valence-electron chi connectivity index (χ2n) is 5.33. The largest absolute Gasteiger partial charge is 0.469 e. The van der Waals surface area contributed by atoms with E-state index in [1.54, 1.807) is 6.26 Å². The van der Waals surface area contributed by atoms with Crippen LogP contribution in [0.3, 0.4) is 0 Å². The highest BCUT2D eigenvalue weighted by Crippen LogP contribution is 2.25. The highest BCUT2D eigenvalue weighted by Gasteiger charge is 2.27. The molecule has 1 aromatic rings. The Balaban J connectivity index is 1.55. The smallest absolute Gasteiger partial charge is 0.103 e. The second kappa shape index (κ2) is 6.95. The topological polar surface area (TPSA) is 28.4 Å². The fraction of sp³-hybridized carbons (Fsp3) is 0.733. The standard InChI is InChI=1S/C15H26N2O/c1-3-17(14-7-8-14)11-10-16-13(2)6-9-15-5-4-12-18-15/h4-5,12-14,16H,3,6-11H2,1-2H3. The van der Waals surface area contributed by atoms with E-state index < -0.39 is 0 Å². The van der Waals surface area contributed by atoms with Crippen LogP contribution in [0.5, 0.6) is 0 Å². The maximum atomic E-state index is 5.35. The van der Waals surface area contributed by atoms with Gasteiger partial charge in [0.2, 0.25) is 0 Å². The molecule has 1 fully saturated rings. The fourth-order valence-electron chi connectivity index (χ4n) is 2.41. The van der Waals surface area contributed by atoms with Gasteiger partial charge in [0.15, 0.2) is 0 Å². The number of furan rings is 1. The van der Waals surface area contributed by atoms with Gasteiger partial charge in [0.25, 0.3) is 0 Å². The van der Waals surface area contributed by atoms with Crippen molar-refractivity contribution in [1.29, 1.82) is 0 Å². The van der Waals surface area contributed by atoms with E-state index in [0.29, 0.717) is 6.04 Å². The lowest BCUT2D eigenvalue weighted by molar-refractivity contribution is 0.272. The molecule has 1 aliphatic carbocycles. The molecule has 102 valence electrons. The van der Waals surface area contributed by atoms with Crippen molar-refractivity contribution in [2.45, 2.75) is 51.6 Å². The first-order valence-electron chi connectivity index (χ1n) is 7.29. The highest BCUT2D eigenvalue weighted by molar-refractivity contribution is 4.98. The summed E-state index contributed by atoms with van der Waals surface area (Å²) in [5, 5.41) is 3.61. The van der Waals surface area contributed by atoms with Crippen LogP contribution >= 0.6 is 0 Å². The van der Waals surface area contributed by atoms with Gasteiger partial charge in [0.1, 0.15) is 5.76 Å². The molecule has 0 aliphatic heterocycles. The van der Waals surface area contributed by atoms with Crippen molar-refractivity contribution in [3.63, 3.8) is 0 Å². The van der Waals surface area contributed by atoms with Crippen LogP contribution in [0.2, 0.25) is 0 Å². The molecule has 3 heteroatoms. The Bertz CT molecular complexity index is 319. The summed E-state index contributed by atoms with van der Waals surface area (Å²) in [6.45, 7) is 8.00. The zero-order valence-electron chi connectivity index (χ0n) is 11.7. The predicted octanol–water partition coefficient (Wildman–Crippen LogP) is 2.67. The van der Waals surface area contributed by atoms with Crippen molar-refractivity contribution < 1.29 is 4.42 Å². The Hall–Kier alpha value is -0.800. The van der Waals surface area contributed by atoms with Crippen molar-refractivity contribution in [2.75, 3.05) is 19.6 Å². The summed E-state index contributed by atoms with van der Waals surface area (Å²) >= 11 is 0. The van der Waals surface area contributed by atoms with Crippen LogP contribution in [-0.4, -0.2) is 36.6 Å². The summed E-state index contributed by atoms with van der Waals surface area (Å²) in [6.07, 6.45) is 6.73. The van der Waals surface area contributed by atoms with Gasteiger partial charge in [-0.05, 0) is 44.9 Å². The van der Waals surface area contributed by atoms with Gasteiger partial charge >= 0.3 is 0 Å². The van der Waals surface area contributed by atoms with Crippen LogP contribution in [0.25, 0.3) is 0 Å². The molecule has 1 aliphatic rings. The number of likely N-dealkylation sites (N-methyl/N-ethyl adjacent to an activating group) is 1. The minimum absolute atomic E-state index is 0.563. The fourth-order valence-corrected chi connectivity index (χ4v) is 2.41. The Morgan fingerprint density at radius 2 is 2.33 bits per heavy atom. The highest BCUT2D eigenvalue weighted by atomic mass is 16.3. The quantitative estimate of drug-likeness (QED) is 0.730. The molecule has 1 heterocycles. The van der Waals surface area contributed by atoms with E-state index in [4.69, 9.17) is 4.42 Å². The van der Waals surface area contributed by atoms with Crippen molar-refractivity contribution in [3.05, 3.63) is 24.2 Å². The number of hydrogen-bond acceptors (Lipinski definition) is 3. The molecule has 0 aromatic carbocycles. The Kier molecular flexibility index (Phi) is 5.26. The molecule has 18 heavy (non-hydrogen) atoms. The van der Waals surface area contributed by atoms with Crippen LogP contribution in [0.15, 0.2) is 22.8 Å². The summed E-state index contributed by atoms with van der Waals surface area (Å²) in [6, 6.07) is 5.46. The second-order valence-corrected chi connectivity index (χ2v) is 5.33. The number of nitrogens with zero attached hydrogens (tertiary/aromatic N) is 1. The average Bonchev–Trinajstić information content (AvgIpc) is 3.08. The first kappa shape index (κ1) is 13.6. The Morgan fingerprint density at radius 1 is 1.50 bits per heavy atom. The normalized spacial score (nSPS) is 17.3. The average molecular weight is 250 g/mol. The van der Waals surface area contributed by atoms with Crippen LogP contribution < -0.4 is 5.32 Å². The van der Waals surface area contributed by atoms with E-state index in [-0.39, 0.29) is 0 Å². The summed E-state index contributed by atoms with van der Waals surface area (Å²) in [5.74, 6) is 1.09. The van der Waals surface area contributed by atoms with Gasteiger partial charge in [-0.15, -0.1) is 0 Å².